The highest BCUT2D eigenvalue weighted by molar-refractivity contribution is 9.10. The van der Waals surface area contributed by atoms with Crippen molar-refractivity contribution in [3.8, 4) is 6.07 Å². The predicted octanol–water partition coefficient (Wildman–Crippen LogP) is 1.92. The molecule has 0 aliphatic carbocycles. The fourth-order valence-electron chi connectivity index (χ4n) is 0.850. The van der Waals surface area contributed by atoms with E-state index in [1.165, 1.54) is 6.07 Å². The van der Waals surface area contributed by atoms with E-state index in [1.54, 1.807) is 12.1 Å². The molecule has 0 bridgehead atoms. The zero-order chi connectivity index (χ0) is 9.14. The van der Waals surface area contributed by atoms with Gasteiger partial charge in [-0.2, -0.15) is 5.26 Å². The Bertz CT molecular complexity index is 320. The molecule has 0 radical (unpaired) electrons. The first-order valence-corrected chi connectivity index (χ1v) is 4.06. The molecular formula is C8H6BrFN2. The van der Waals surface area contributed by atoms with Crippen molar-refractivity contribution in [3.05, 3.63) is 33.5 Å². The van der Waals surface area contributed by atoms with Crippen LogP contribution >= 0.6 is 15.9 Å². The lowest BCUT2D eigenvalue weighted by Crippen LogP contribution is -1.98. The highest BCUT2D eigenvalue weighted by atomic mass is 79.9. The van der Waals surface area contributed by atoms with Crippen molar-refractivity contribution in [1.82, 2.24) is 0 Å². The monoisotopic (exact) mass is 228 g/mol. The molecule has 0 spiro atoms. The van der Waals surface area contributed by atoms with Crippen LogP contribution in [0.15, 0.2) is 16.6 Å². The summed E-state index contributed by atoms with van der Waals surface area (Å²) in [5.74, 6) is -0.535. The minimum absolute atomic E-state index is 0.0206. The van der Waals surface area contributed by atoms with Crippen LogP contribution in [0.2, 0.25) is 0 Å². The van der Waals surface area contributed by atoms with Gasteiger partial charge >= 0.3 is 0 Å². The van der Waals surface area contributed by atoms with E-state index in [9.17, 15) is 4.39 Å². The summed E-state index contributed by atoms with van der Waals surface area (Å²) in [6.07, 6.45) is 0. The Balaban J connectivity index is 3.30. The van der Waals surface area contributed by atoms with Crippen LogP contribution in [-0.2, 0) is 6.54 Å². The number of hydrogen-bond acceptors (Lipinski definition) is 2. The molecule has 62 valence electrons. The molecule has 0 amide bonds. The van der Waals surface area contributed by atoms with Crippen molar-refractivity contribution >= 4 is 15.9 Å². The van der Waals surface area contributed by atoms with Crippen molar-refractivity contribution in [2.24, 2.45) is 5.73 Å². The summed E-state index contributed by atoms with van der Waals surface area (Å²) in [7, 11) is 0. The smallest absolute Gasteiger partial charge is 0.142 e. The van der Waals surface area contributed by atoms with Gasteiger partial charge in [-0.3, -0.25) is 0 Å². The van der Waals surface area contributed by atoms with E-state index in [1.807, 2.05) is 0 Å². The van der Waals surface area contributed by atoms with Crippen LogP contribution in [0.5, 0.6) is 0 Å². The first-order chi connectivity index (χ1) is 5.69. The summed E-state index contributed by atoms with van der Waals surface area (Å²) in [6, 6.07) is 4.66. The highest BCUT2D eigenvalue weighted by Crippen LogP contribution is 2.20. The molecule has 1 aromatic rings. The maximum absolute atomic E-state index is 13.0. The van der Waals surface area contributed by atoms with Gasteiger partial charge in [0.1, 0.15) is 17.4 Å². The van der Waals surface area contributed by atoms with Crippen LogP contribution in [0.4, 0.5) is 4.39 Å². The molecule has 12 heavy (non-hydrogen) atoms. The number of benzene rings is 1. The molecule has 2 nitrogen and oxygen atoms in total. The molecule has 0 saturated carbocycles. The Labute approximate surface area is 77.9 Å². The first kappa shape index (κ1) is 9.17. The van der Waals surface area contributed by atoms with Gasteiger partial charge in [-0.25, -0.2) is 4.39 Å². The van der Waals surface area contributed by atoms with Crippen LogP contribution in [0.25, 0.3) is 0 Å². The van der Waals surface area contributed by atoms with E-state index in [4.69, 9.17) is 11.0 Å². The van der Waals surface area contributed by atoms with Gasteiger partial charge in [-0.15, -0.1) is 0 Å². The van der Waals surface area contributed by atoms with Gasteiger partial charge in [-0.05, 0) is 33.6 Å². The topological polar surface area (TPSA) is 49.8 Å². The fraction of sp³-hybridized carbons (Fsp3) is 0.125. The third-order valence-electron chi connectivity index (χ3n) is 1.45. The van der Waals surface area contributed by atoms with E-state index in [0.717, 1.165) is 0 Å². The second kappa shape index (κ2) is 3.65. The summed E-state index contributed by atoms with van der Waals surface area (Å²) in [4.78, 5) is 0. The second-order valence-corrected chi connectivity index (χ2v) is 3.10. The summed E-state index contributed by atoms with van der Waals surface area (Å²) in [5.41, 5.74) is 5.99. The van der Waals surface area contributed by atoms with Gasteiger partial charge in [-0.1, -0.05) is 0 Å². The van der Waals surface area contributed by atoms with Gasteiger partial charge in [0.15, 0.2) is 0 Å². The molecule has 1 rings (SSSR count). The Hall–Kier alpha value is -0.920. The van der Waals surface area contributed by atoms with Gasteiger partial charge < -0.3 is 5.73 Å². The molecule has 0 saturated heterocycles. The number of halogens is 2. The Morgan fingerprint density at radius 2 is 2.25 bits per heavy atom. The molecule has 0 aromatic heterocycles. The predicted molar refractivity (Wildman–Crippen MR) is 46.7 cm³/mol. The van der Waals surface area contributed by atoms with E-state index in [-0.39, 0.29) is 12.1 Å². The fourth-order valence-corrected chi connectivity index (χ4v) is 1.42. The molecule has 0 aliphatic heterocycles. The molecule has 0 unspecified atom stereocenters. The van der Waals surface area contributed by atoms with Crippen molar-refractivity contribution in [1.29, 1.82) is 5.26 Å². The third-order valence-corrected chi connectivity index (χ3v) is 2.07. The SMILES string of the molecule is N#Cc1c(F)cc(CN)cc1Br. The van der Waals surface area contributed by atoms with E-state index in [0.29, 0.717) is 10.0 Å². The minimum Gasteiger partial charge on any atom is -0.326 e. The maximum Gasteiger partial charge on any atom is 0.142 e. The molecule has 0 fully saturated rings. The van der Waals surface area contributed by atoms with Gasteiger partial charge in [0.25, 0.3) is 0 Å². The summed E-state index contributed by atoms with van der Waals surface area (Å²) < 4.78 is 13.4. The lowest BCUT2D eigenvalue weighted by molar-refractivity contribution is 0.620. The van der Waals surface area contributed by atoms with Crippen LogP contribution in [0.3, 0.4) is 0 Å². The number of nitrogens with two attached hydrogens (primary N) is 1. The van der Waals surface area contributed by atoms with Gasteiger partial charge in [0.2, 0.25) is 0 Å². The normalized spacial score (nSPS) is 9.50. The highest BCUT2D eigenvalue weighted by Gasteiger charge is 2.07. The molecule has 4 heteroatoms. The molecule has 1 aromatic carbocycles. The summed E-state index contributed by atoms with van der Waals surface area (Å²) in [5, 5.41) is 8.51. The number of hydrogen-bond donors (Lipinski definition) is 1. The van der Waals surface area contributed by atoms with Crippen molar-refractivity contribution in [3.63, 3.8) is 0 Å². The summed E-state index contributed by atoms with van der Waals surface area (Å²) >= 11 is 3.08. The number of nitrogens with zero attached hydrogens (tertiary/aromatic N) is 1. The van der Waals surface area contributed by atoms with E-state index < -0.39 is 5.82 Å². The number of nitriles is 1. The first-order valence-electron chi connectivity index (χ1n) is 3.27. The van der Waals surface area contributed by atoms with Crippen molar-refractivity contribution in [2.75, 3.05) is 0 Å². The lowest BCUT2D eigenvalue weighted by atomic mass is 10.1. The average Bonchev–Trinajstić information content (AvgIpc) is 2.03. The summed E-state index contributed by atoms with van der Waals surface area (Å²) in [6.45, 7) is 0.265. The van der Waals surface area contributed by atoms with Crippen molar-refractivity contribution < 1.29 is 4.39 Å². The molecule has 0 atom stereocenters. The van der Waals surface area contributed by atoms with E-state index in [2.05, 4.69) is 15.9 Å². The molecule has 0 heterocycles. The third kappa shape index (κ3) is 1.63. The van der Waals surface area contributed by atoms with Crippen LogP contribution in [0, 0.1) is 17.1 Å². The quantitative estimate of drug-likeness (QED) is 0.799. The standard InChI is InChI=1S/C8H6BrFN2/c9-7-1-5(3-11)2-8(10)6(7)4-12/h1-2H,3,11H2. The largest absolute Gasteiger partial charge is 0.326 e. The maximum atomic E-state index is 13.0. The Morgan fingerprint density at radius 1 is 1.58 bits per heavy atom. The number of rotatable bonds is 1. The average molecular weight is 229 g/mol. The Morgan fingerprint density at radius 3 is 2.67 bits per heavy atom. The van der Waals surface area contributed by atoms with Gasteiger partial charge in [0, 0.05) is 11.0 Å². The van der Waals surface area contributed by atoms with Crippen LogP contribution < -0.4 is 5.73 Å². The lowest BCUT2D eigenvalue weighted by Gasteiger charge is -2.00. The van der Waals surface area contributed by atoms with Crippen LogP contribution in [0.1, 0.15) is 11.1 Å². The van der Waals surface area contributed by atoms with Crippen LogP contribution in [-0.4, -0.2) is 0 Å². The Kier molecular flexibility index (Phi) is 2.79. The molecule has 2 N–H and O–H groups in total. The molecule has 0 aliphatic rings. The molecular weight excluding hydrogens is 223 g/mol. The van der Waals surface area contributed by atoms with Gasteiger partial charge in [0.05, 0.1) is 0 Å². The van der Waals surface area contributed by atoms with E-state index >= 15 is 0 Å². The zero-order valence-corrected chi connectivity index (χ0v) is 7.73. The van der Waals surface area contributed by atoms with Crippen molar-refractivity contribution in [2.45, 2.75) is 6.54 Å². The zero-order valence-electron chi connectivity index (χ0n) is 6.14. The second-order valence-electron chi connectivity index (χ2n) is 2.25. The minimum atomic E-state index is -0.535.